The summed E-state index contributed by atoms with van der Waals surface area (Å²) >= 11 is 0. The molecule has 0 atom stereocenters. The van der Waals surface area contributed by atoms with E-state index in [2.05, 4.69) is 15.2 Å². The van der Waals surface area contributed by atoms with Gasteiger partial charge in [-0.3, -0.25) is 9.59 Å². The van der Waals surface area contributed by atoms with Crippen molar-refractivity contribution in [2.24, 2.45) is 5.73 Å². The molecule has 0 aliphatic heterocycles. The normalized spacial score (nSPS) is 11.1. The highest BCUT2D eigenvalue weighted by molar-refractivity contribution is 6.08. The van der Waals surface area contributed by atoms with Crippen LogP contribution in [0.2, 0.25) is 0 Å². The SMILES string of the molecule is NC(=O)Cc1n[nH]c(=O)c2[nH]c3ccccc3c12. The first-order valence-electron chi connectivity index (χ1n) is 5.43. The molecule has 2 heterocycles. The van der Waals surface area contributed by atoms with Crippen LogP contribution in [0.4, 0.5) is 0 Å². The van der Waals surface area contributed by atoms with Gasteiger partial charge in [0.05, 0.1) is 12.1 Å². The summed E-state index contributed by atoms with van der Waals surface area (Å²) in [4.78, 5) is 25.8. The maximum atomic E-state index is 11.7. The zero-order valence-electron chi connectivity index (χ0n) is 9.36. The van der Waals surface area contributed by atoms with E-state index in [1.165, 1.54) is 0 Å². The lowest BCUT2D eigenvalue weighted by molar-refractivity contribution is -0.117. The van der Waals surface area contributed by atoms with Crippen LogP contribution in [0, 0.1) is 0 Å². The molecule has 0 aliphatic rings. The average molecular weight is 242 g/mol. The molecule has 4 N–H and O–H groups in total. The molecule has 0 unspecified atom stereocenters. The predicted molar refractivity (Wildman–Crippen MR) is 67.1 cm³/mol. The van der Waals surface area contributed by atoms with Gasteiger partial charge in [-0.2, -0.15) is 5.10 Å². The number of carbonyl (C=O) groups excluding carboxylic acids is 1. The lowest BCUT2D eigenvalue weighted by atomic mass is 10.1. The van der Waals surface area contributed by atoms with E-state index in [4.69, 9.17) is 5.73 Å². The topological polar surface area (TPSA) is 105 Å². The van der Waals surface area contributed by atoms with Crippen LogP contribution in [0.15, 0.2) is 29.1 Å². The molecule has 0 spiro atoms. The molecule has 90 valence electrons. The Hall–Kier alpha value is -2.63. The Bertz CT molecular complexity index is 816. The van der Waals surface area contributed by atoms with Crippen molar-refractivity contribution in [3.05, 3.63) is 40.3 Å². The smallest absolute Gasteiger partial charge is 0.288 e. The maximum Gasteiger partial charge on any atom is 0.288 e. The lowest BCUT2D eigenvalue weighted by Crippen LogP contribution is -2.18. The molecule has 3 aromatic rings. The number of amides is 1. The summed E-state index contributed by atoms with van der Waals surface area (Å²) in [5.41, 5.74) is 6.60. The number of hydrogen-bond acceptors (Lipinski definition) is 3. The average Bonchev–Trinajstić information content (AvgIpc) is 2.73. The number of hydrogen-bond donors (Lipinski definition) is 3. The summed E-state index contributed by atoms with van der Waals surface area (Å²) in [6.07, 6.45) is -0.00483. The summed E-state index contributed by atoms with van der Waals surface area (Å²) in [5.74, 6) is -0.485. The second-order valence-corrected chi connectivity index (χ2v) is 4.06. The zero-order valence-corrected chi connectivity index (χ0v) is 9.36. The van der Waals surface area contributed by atoms with Crippen molar-refractivity contribution in [3.63, 3.8) is 0 Å². The van der Waals surface area contributed by atoms with Crippen molar-refractivity contribution in [1.29, 1.82) is 0 Å². The summed E-state index contributed by atoms with van der Waals surface area (Å²) in [6.45, 7) is 0. The quantitative estimate of drug-likeness (QED) is 0.606. The minimum atomic E-state index is -0.485. The number of carbonyl (C=O) groups is 1. The standard InChI is InChI=1S/C12H10N4O2/c13-9(17)5-8-10-6-3-1-2-4-7(6)14-11(10)12(18)16-15-8/h1-4,14H,5H2,(H2,13,17)(H,16,18). The third-order valence-corrected chi connectivity index (χ3v) is 2.86. The monoisotopic (exact) mass is 242 g/mol. The van der Waals surface area contributed by atoms with Gasteiger partial charge in [-0.05, 0) is 6.07 Å². The van der Waals surface area contributed by atoms with E-state index in [0.717, 1.165) is 10.9 Å². The van der Waals surface area contributed by atoms with E-state index in [1.54, 1.807) is 0 Å². The molecular formula is C12H10N4O2. The van der Waals surface area contributed by atoms with Crippen LogP contribution in [0.3, 0.4) is 0 Å². The molecule has 0 saturated carbocycles. The Kier molecular flexibility index (Phi) is 2.16. The molecule has 0 bridgehead atoms. The van der Waals surface area contributed by atoms with E-state index in [9.17, 15) is 9.59 Å². The van der Waals surface area contributed by atoms with E-state index < -0.39 is 5.91 Å². The van der Waals surface area contributed by atoms with Crippen molar-refractivity contribution < 1.29 is 4.79 Å². The molecule has 1 aromatic carbocycles. The fourth-order valence-corrected chi connectivity index (χ4v) is 2.14. The number of rotatable bonds is 2. The number of fused-ring (bicyclic) bond motifs is 3. The molecular weight excluding hydrogens is 232 g/mol. The number of nitrogens with two attached hydrogens (primary N) is 1. The van der Waals surface area contributed by atoms with Gasteiger partial charge in [-0.25, -0.2) is 5.10 Å². The summed E-state index contributed by atoms with van der Waals surface area (Å²) in [6, 6.07) is 7.47. The van der Waals surface area contributed by atoms with Crippen LogP contribution in [0.1, 0.15) is 5.69 Å². The molecule has 1 amide bonds. The number of H-pyrrole nitrogens is 2. The molecule has 3 rings (SSSR count). The first-order valence-corrected chi connectivity index (χ1v) is 5.43. The Balaban J connectivity index is 2.47. The van der Waals surface area contributed by atoms with E-state index in [0.29, 0.717) is 16.6 Å². The fraction of sp³-hybridized carbons (Fsp3) is 0.0833. The first kappa shape index (κ1) is 10.5. The van der Waals surface area contributed by atoms with Crippen molar-refractivity contribution in [2.75, 3.05) is 0 Å². The molecule has 0 saturated heterocycles. The van der Waals surface area contributed by atoms with Gasteiger partial charge >= 0.3 is 0 Å². The van der Waals surface area contributed by atoms with Crippen molar-refractivity contribution >= 4 is 27.7 Å². The molecule has 0 radical (unpaired) electrons. The number of benzene rings is 1. The highest BCUT2D eigenvalue weighted by Gasteiger charge is 2.14. The van der Waals surface area contributed by atoms with E-state index >= 15 is 0 Å². The van der Waals surface area contributed by atoms with Gasteiger partial charge in [-0.15, -0.1) is 0 Å². The van der Waals surface area contributed by atoms with Gasteiger partial charge in [0.25, 0.3) is 5.56 Å². The van der Waals surface area contributed by atoms with E-state index in [1.807, 2.05) is 24.3 Å². The van der Waals surface area contributed by atoms with Gasteiger partial charge in [-0.1, -0.05) is 18.2 Å². The third-order valence-electron chi connectivity index (χ3n) is 2.86. The number of primary amides is 1. The van der Waals surface area contributed by atoms with Crippen LogP contribution in [0.25, 0.3) is 21.8 Å². The minimum Gasteiger partial charge on any atom is -0.369 e. The fourth-order valence-electron chi connectivity index (χ4n) is 2.14. The Morgan fingerprint density at radius 3 is 2.89 bits per heavy atom. The highest BCUT2D eigenvalue weighted by atomic mass is 16.1. The highest BCUT2D eigenvalue weighted by Crippen LogP contribution is 2.24. The van der Waals surface area contributed by atoms with Crippen molar-refractivity contribution in [3.8, 4) is 0 Å². The largest absolute Gasteiger partial charge is 0.369 e. The van der Waals surface area contributed by atoms with Gasteiger partial charge in [0, 0.05) is 16.3 Å². The van der Waals surface area contributed by atoms with Gasteiger partial charge < -0.3 is 10.7 Å². The molecule has 2 aromatic heterocycles. The summed E-state index contributed by atoms with van der Waals surface area (Å²) < 4.78 is 0. The number of aromatic nitrogens is 3. The van der Waals surface area contributed by atoms with Crippen LogP contribution >= 0.6 is 0 Å². The van der Waals surface area contributed by atoms with Gasteiger partial charge in [0.15, 0.2) is 0 Å². The predicted octanol–water partition coefficient (Wildman–Crippen LogP) is 0.432. The van der Waals surface area contributed by atoms with Crippen LogP contribution in [-0.2, 0) is 11.2 Å². The molecule has 0 aliphatic carbocycles. The minimum absolute atomic E-state index is 0.00483. The van der Waals surface area contributed by atoms with Gasteiger partial charge in [0.1, 0.15) is 5.52 Å². The van der Waals surface area contributed by atoms with Crippen molar-refractivity contribution in [1.82, 2.24) is 15.2 Å². The Labute approximate surface area is 101 Å². The molecule has 6 heteroatoms. The Morgan fingerprint density at radius 1 is 1.33 bits per heavy atom. The summed E-state index contributed by atoms with van der Waals surface area (Å²) in [7, 11) is 0. The molecule has 6 nitrogen and oxygen atoms in total. The lowest BCUT2D eigenvalue weighted by Gasteiger charge is -1.99. The summed E-state index contributed by atoms with van der Waals surface area (Å²) in [5, 5.41) is 7.80. The number of nitrogens with zero attached hydrogens (tertiary/aromatic N) is 1. The molecule has 0 fully saturated rings. The third kappa shape index (κ3) is 1.46. The second-order valence-electron chi connectivity index (χ2n) is 4.06. The van der Waals surface area contributed by atoms with Gasteiger partial charge in [0.2, 0.25) is 5.91 Å². The maximum absolute atomic E-state index is 11.7. The Morgan fingerprint density at radius 2 is 2.11 bits per heavy atom. The first-order chi connectivity index (χ1) is 8.66. The van der Waals surface area contributed by atoms with Crippen LogP contribution in [0.5, 0.6) is 0 Å². The number of aromatic amines is 2. The van der Waals surface area contributed by atoms with Crippen LogP contribution in [-0.4, -0.2) is 21.1 Å². The van der Waals surface area contributed by atoms with E-state index in [-0.39, 0.29) is 12.0 Å². The molecule has 18 heavy (non-hydrogen) atoms. The second kappa shape index (κ2) is 3.69. The number of nitrogens with one attached hydrogen (secondary N) is 2. The van der Waals surface area contributed by atoms with Crippen molar-refractivity contribution in [2.45, 2.75) is 6.42 Å². The zero-order chi connectivity index (χ0) is 12.7. The number of para-hydroxylation sites is 1. The van der Waals surface area contributed by atoms with Crippen LogP contribution < -0.4 is 11.3 Å².